The molecule has 0 bridgehead atoms. The van der Waals surface area contributed by atoms with Gasteiger partial charge in [0.1, 0.15) is 40.9 Å². The number of nitrogens with zero attached hydrogens (tertiary/aromatic N) is 6. The van der Waals surface area contributed by atoms with E-state index in [-0.39, 0.29) is 13.2 Å². The molecule has 0 radical (unpaired) electrons. The van der Waals surface area contributed by atoms with Gasteiger partial charge in [-0.3, -0.25) is 9.78 Å². The maximum atomic E-state index is 13.3. The maximum absolute atomic E-state index is 13.3. The van der Waals surface area contributed by atoms with Gasteiger partial charge in [-0.15, -0.1) is 0 Å². The molecule has 4 heterocycles. The molecule has 1 aromatic carbocycles. The zero-order valence-corrected chi connectivity index (χ0v) is 22.9. The summed E-state index contributed by atoms with van der Waals surface area (Å²) in [6, 6.07) is 12.9. The van der Waals surface area contributed by atoms with Gasteiger partial charge in [0.25, 0.3) is 5.56 Å². The molecule has 0 saturated heterocycles. The first-order valence-corrected chi connectivity index (χ1v) is 12.7. The van der Waals surface area contributed by atoms with E-state index in [9.17, 15) is 23.2 Å². The number of para-hydroxylation sites is 1. The summed E-state index contributed by atoms with van der Waals surface area (Å²) in [6.45, 7) is 3.18. The zero-order valence-electron chi connectivity index (χ0n) is 22.1. The van der Waals surface area contributed by atoms with Crippen LogP contribution in [0.5, 0.6) is 5.75 Å². The summed E-state index contributed by atoms with van der Waals surface area (Å²) in [4.78, 5) is 26.1. The van der Waals surface area contributed by atoms with Crippen molar-refractivity contribution in [3.8, 4) is 23.1 Å². The highest BCUT2D eigenvalue weighted by atomic mass is 35.5. The minimum Gasteiger partial charge on any atom is -0.486 e. The second-order valence-electron chi connectivity index (χ2n) is 9.44. The summed E-state index contributed by atoms with van der Waals surface area (Å²) < 4.78 is 48.7. The molecule has 8 nitrogen and oxygen atoms in total. The van der Waals surface area contributed by atoms with Gasteiger partial charge in [-0.05, 0) is 44.2 Å². The third-order valence-corrected chi connectivity index (χ3v) is 6.87. The highest BCUT2D eigenvalue weighted by Gasteiger charge is 2.34. The van der Waals surface area contributed by atoms with E-state index in [0.717, 1.165) is 16.2 Å². The number of aryl methyl sites for hydroxylation is 3. The topological polar surface area (TPSA) is 98.6 Å². The normalized spacial score (nSPS) is 11.6. The van der Waals surface area contributed by atoms with Crippen molar-refractivity contribution in [1.82, 2.24) is 24.1 Å². The molecule has 5 aromatic rings. The number of alkyl halides is 3. The minimum atomic E-state index is -4.79. The molecule has 0 unspecified atom stereocenters. The number of imidazole rings is 1. The van der Waals surface area contributed by atoms with Gasteiger partial charge in [0.15, 0.2) is 0 Å². The van der Waals surface area contributed by atoms with Gasteiger partial charge in [-0.25, -0.2) is 9.97 Å². The molecule has 0 atom stereocenters. The SMILES string of the molecule is Cc1cc(Cl)c(COc2cccc3c(-c4ncn(C)c4C#N)cc(C)nc23)c(Cn2cccc(C(F)(F)F)c2=O)n1. The Morgan fingerprint density at radius 1 is 1.10 bits per heavy atom. The number of hydrogen-bond donors (Lipinski definition) is 0. The monoisotopic (exact) mass is 578 g/mol. The Morgan fingerprint density at radius 2 is 1.85 bits per heavy atom. The van der Waals surface area contributed by atoms with Gasteiger partial charge in [-0.2, -0.15) is 18.4 Å². The lowest BCUT2D eigenvalue weighted by Gasteiger charge is -2.16. The first-order chi connectivity index (χ1) is 19.5. The molecule has 12 heteroatoms. The smallest absolute Gasteiger partial charge is 0.421 e. The lowest BCUT2D eigenvalue weighted by Crippen LogP contribution is -2.29. The van der Waals surface area contributed by atoms with Crippen molar-refractivity contribution in [2.24, 2.45) is 7.05 Å². The number of rotatable bonds is 6. The fourth-order valence-electron chi connectivity index (χ4n) is 4.61. The van der Waals surface area contributed by atoms with Crippen LogP contribution in [0, 0.1) is 25.2 Å². The lowest BCUT2D eigenvalue weighted by atomic mass is 10.0. The summed E-state index contributed by atoms with van der Waals surface area (Å²) >= 11 is 6.55. The summed E-state index contributed by atoms with van der Waals surface area (Å²) in [6.07, 6.45) is -1.95. The predicted molar refractivity (Wildman–Crippen MR) is 147 cm³/mol. The van der Waals surface area contributed by atoms with E-state index in [1.54, 1.807) is 43.1 Å². The second kappa shape index (κ2) is 10.7. The van der Waals surface area contributed by atoms with Gasteiger partial charge in [0, 0.05) is 41.1 Å². The third kappa shape index (κ3) is 5.38. The van der Waals surface area contributed by atoms with Gasteiger partial charge in [0.2, 0.25) is 0 Å². The quantitative estimate of drug-likeness (QED) is 0.246. The molecule has 5 rings (SSSR count). The van der Waals surface area contributed by atoms with Crippen molar-refractivity contribution in [3.63, 3.8) is 0 Å². The molecule has 41 heavy (non-hydrogen) atoms. The van der Waals surface area contributed by atoms with Crippen LogP contribution in [0.4, 0.5) is 13.2 Å². The summed E-state index contributed by atoms with van der Waals surface area (Å²) in [5.74, 6) is 0.417. The summed E-state index contributed by atoms with van der Waals surface area (Å²) in [5.41, 5.74) is 1.64. The van der Waals surface area contributed by atoms with Crippen LogP contribution >= 0.6 is 11.6 Å². The lowest BCUT2D eigenvalue weighted by molar-refractivity contribution is -0.138. The Bertz CT molecular complexity index is 1910. The highest BCUT2D eigenvalue weighted by Crippen LogP contribution is 2.35. The Balaban J connectivity index is 1.54. The van der Waals surface area contributed by atoms with Crippen molar-refractivity contribution in [3.05, 3.63) is 104 Å². The van der Waals surface area contributed by atoms with Crippen LogP contribution in [-0.4, -0.2) is 24.1 Å². The maximum Gasteiger partial charge on any atom is 0.421 e. The van der Waals surface area contributed by atoms with E-state index < -0.39 is 17.3 Å². The van der Waals surface area contributed by atoms with Crippen molar-refractivity contribution in [2.75, 3.05) is 0 Å². The van der Waals surface area contributed by atoms with Gasteiger partial charge >= 0.3 is 6.18 Å². The Labute approximate surface area is 237 Å². The molecule has 0 fully saturated rings. The molecule has 0 aliphatic heterocycles. The average molecular weight is 579 g/mol. The number of halogens is 4. The Morgan fingerprint density at radius 3 is 2.59 bits per heavy atom. The molecule has 0 amide bonds. The number of hydrogen-bond acceptors (Lipinski definition) is 6. The van der Waals surface area contributed by atoms with E-state index in [4.69, 9.17) is 16.3 Å². The van der Waals surface area contributed by atoms with E-state index in [2.05, 4.69) is 21.0 Å². The van der Waals surface area contributed by atoms with Gasteiger partial charge < -0.3 is 13.9 Å². The minimum absolute atomic E-state index is 0.0910. The van der Waals surface area contributed by atoms with Gasteiger partial charge in [-0.1, -0.05) is 23.7 Å². The molecule has 0 saturated carbocycles. The van der Waals surface area contributed by atoms with Gasteiger partial charge in [0.05, 0.1) is 23.6 Å². The molecule has 4 aromatic heterocycles. The first-order valence-electron chi connectivity index (χ1n) is 12.3. The highest BCUT2D eigenvalue weighted by molar-refractivity contribution is 6.31. The van der Waals surface area contributed by atoms with Crippen molar-refractivity contribution < 1.29 is 17.9 Å². The fourth-order valence-corrected chi connectivity index (χ4v) is 4.94. The molecule has 0 aliphatic carbocycles. The predicted octanol–water partition coefficient (Wildman–Crippen LogP) is 5.98. The van der Waals surface area contributed by atoms with E-state index in [1.165, 1.54) is 12.3 Å². The van der Waals surface area contributed by atoms with E-state index in [1.807, 2.05) is 19.1 Å². The standard InChI is InChI=1S/C29H22ClF3N6O2/c1-16-10-19(26-24(12-34)38(3)15-35-26)18-6-4-8-25(27(18)37-16)41-14-20-22(30)11-17(2)36-23(20)13-39-9-5-7-21(28(39)40)29(31,32)33/h4-11,15H,13-14H2,1-3H3. The third-order valence-electron chi connectivity index (χ3n) is 6.53. The van der Waals surface area contributed by atoms with Crippen molar-refractivity contribution in [2.45, 2.75) is 33.2 Å². The number of pyridine rings is 3. The van der Waals surface area contributed by atoms with Crippen molar-refractivity contribution >= 4 is 22.5 Å². The molecule has 0 spiro atoms. The Kier molecular flexibility index (Phi) is 7.28. The zero-order chi connectivity index (χ0) is 29.5. The van der Waals surface area contributed by atoms with Crippen LogP contribution in [0.1, 0.15) is 33.9 Å². The fraction of sp³-hybridized carbons (Fsp3) is 0.207. The molecule has 0 N–H and O–H groups in total. The number of aromatic nitrogens is 5. The van der Waals surface area contributed by atoms with E-state index >= 15 is 0 Å². The van der Waals surface area contributed by atoms with Crippen LogP contribution < -0.4 is 10.3 Å². The van der Waals surface area contributed by atoms with Crippen LogP contribution in [0.15, 0.2) is 59.8 Å². The number of fused-ring (bicyclic) bond motifs is 1. The first kappa shape index (κ1) is 27.9. The summed E-state index contributed by atoms with van der Waals surface area (Å²) in [7, 11) is 1.74. The van der Waals surface area contributed by atoms with E-state index in [0.29, 0.717) is 55.7 Å². The molecule has 208 valence electrons. The number of ether oxygens (including phenoxy) is 1. The van der Waals surface area contributed by atoms with Crippen molar-refractivity contribution in [1.29, 1.82) is 5.26 Å². The Hall–Kier alpha value is -4.69. The summed E-state index contributed by atoms with van der Waals surface area (Å²) in [5, 5.41) is 10.7. The molecule has 0 aliphatic rings. The average Bonchev–Trinajstić information content (AvgIpc) is 3.28. The van der Waals surface area contributed by atoms with Crippen LogP contribution in [0.2, 0.25) is 5.02 Å². The van der Waals surface area contributed by atoms with Crippen LogP contribution in [0.25, 0.3) is 22.2 Å². The van der Waals surface area contributed by atoms with Crippen LogP contribution in [-0.2, 0) is 26.4 Å². The number of nitriles is 1. The van der Waals surface area contributed by atoms with Crippen LogP contribution in [0.3, 0.4) is 0 Å². The number of benzene rings is 1. The largest absolute Gasteiger partial charge is 0.486 e. The molecular formula is C29H22ClF3N6O2. The molecular weight excluding hydrogens is 557 g/mol. The second-order valence-corrected chi connectivity index (χ2v) is 9.85.